The number of hydrogen-bond donors (Lipinski definition) is 0. The number of aryl methyl sites for hydroxylation is 2. The van der Waals surface area contributed by atoms with Gasteiger partial charge in [0, 0.05) is 51.7 Å². The molecule has 0 saturated carbocycles. The number of carbonyl (C=O) groups excluding carboxylic acids is 2. The maximum Gasteiger partial charge on any atom is 0.257 e. The molecule has 4 heterocycles. The van der Waals surface area contributed by atoms with E-state index in [1.54, 1.807) is 0 Å². The van der Waals surface area contributed by atoms with Crippen LogP contribution in [0.3, 0.4) is 0 Å². The second-order valence-corrected chi connectivity index (χ2v) is 11.3. The fourth-order valence-electron chi connectivity index (χ4n) is 6.66. The van der Waals surface area contributed by atoms with Gasteiger partial charge in [0.2, 0.25) is 0 Å². The van der Waals surface area contributed by atoms with Gasteiger partial charge in [-0.15, -0.1) is 0 Å². The van der Waals surface area contributed by atoms with Crippen molar-refractivity contribution in [1.82, 2.24) is 24.7 Å². The number of fused-ring (bicyclic) bond motifs is 1. The van der Waals surface area contributed by atoms with E-state index >= 15 is 0 Å². The van der Waals surface area contributed by atoms with E-state index in [0.29, 0.717) is 29.2 Å². The average Bonchev–Trinajstić information content (AvgIpc) is 3.41. The zero-order valence-electron chi connectivity index (χ0n) is 21.8. The van der Waals surface area contributed by atoms with Crippen molar-refractivity contribution in [2.45, 2.75) is 33.1 Å². The van der Waals surface area contributed by atoms with Crippen LogP contribution >= 0.6 is 0 Å². The Morgan fingerprint density at radius 3 is 2.22 bits per heavy atom. The van der Waals surface area contributed by atoms with E-state index in [2.05, 4.69) is 50.1 Å². The van der Waals surface area contributed by atoms with E-state index in [4.69, 9.17) is 0 Å². The van der Waals surface area contributed by atoms with Gasteiger partial charge >= 0.3 is 0 Å². The highest BCUT2D eigenvalue weighted by Crippen LogP contribution is 2.37. The highest BCUT2D eigenvalue weighted by molar-refractivity contribution is 5.96. The second-order valence-electron chi connectivity index (χ2n) is 11.3. The van der Waals surface area contributed by atoms with Gasteiger partial charge in [-0.25, -0.2) is 9.97 Å². The SMILES string of the molecule is Cc1ncnc(C)c1C(=O)N1CC2CN(CCC(c3ccccc3)C3CN(CC(C)C=O)C3)CC2C1. The quantitative estimate of drug-likeness (QED) is 0.505. The van der Waals surface area contributed by atoms with Gasteiger partial charge in [-0.1, -0.05) is 37.3 Å². The van der Waals surface area contributed by atoms with Crippen LogP contribution < -0.4 is 0 Å². The molecule has 1 amide bonds. The second kappa shape index (κ2) is 10.8. The van der Waals surface area contributed by atoms with Crippen LogP contribution in [0, 0.1) is 37.5 Å². The first-order chi connectivity index (χ1) is 17.4. The van der Waals surface area contributed by atoms with E-state index < -0.39 is 0 Å². The van der Waals surface area contributed by atoms with E-state index in [0.717, 1.165) is 76.5 Å². The molecule has 7 heteroatoms. The Balaban J connectivity index is 1.15. The van der Waals surface area contributed by atoms with Gasteiger partial charge in [-0.05, 0) is 56.0 Å². The van der Waals surface area contributed by atoms with Crippen LogP contribution in [0.2, 0.25) is 0 Å². The lowest BCUT2D eigenvalue weighted by atomic mass is 9.78. The van der Waals surface area contributed by atoms with Gasteiger partial charge in [0.05, 0.1) is 17.0 Å². The molecule has 1 aromatic heterocycles. The molecule has 0 spiro atoms. The number of likely N-dealkylation sites (tertiary alicyclic amines) is 3. The first kappa shape index (κ1) is 25.0. The minimum absolute atomic E-state index is 0.0918. The van der Waals surface area contributed by atoms with Gasteiger partial charge in [0.15, 0.2) is 0 Å². The minimum Gasteiger partial charge on any atom is -0.338 e. The predicted molar refractivity (Wildman–Crippen MR) is 140 cm³/mol. The lowest BCUT2D eigenvalue weighted by molar-refractivity contribution is -0.111. The zero-order valence-corrected chi connectivity index (χ0v) is 21.8. The third kappa shape index (κ3) is 5.23. The van der Waals surface area contributed by atoms with Crippen molar-refractivity contribution in [3.05, 3.63) is 59.2 Å². The van der Waals surface area contributed by atoms with Crippen molar-refractivity contribution in [3.63, 3.8) is 0 Å². The average molecular weight is 490 g/mol. The molecule has 192 valence electrons. The van der Waals surface area contributed by atoms with Crippen LogP contribution in [-0.2, 0) is 4.79 Å². The zero-order chi connectivity index (χ0) is 25.2. The largest absolute Gasteiger partial charge is 0.338 e. The fraction of sp³-hybridized carbons (Fsp3) is 0.586. The Labute approximate surface area is 214 Å². The molecular formula is C29H39N5O2. The summed E-state index contributed by atoms with van der Waals surface area (Å²) in [7, 11) is 0. The Morgan fingerprint density at radius 2 is 1.61 bits per heavy atom. The van der Waals surface area contributed by atoms with Crippen molar-refractivity contribution in [1.29, 1.82) is 0 Å². The number of aldehydes is 1. The van der Waals surface area contributed by atoms with Crippen LogP contribution in [0.4, 0.5) is 0 Å². The molecule has 36 heavy (non-hydrogen) atoms. The molecular weight excluding hydrogens is 450 g/mol. The minimum atomic E-state index is 0.0918. The number of benzene rings is 1. The number of rotatable bonds is 9. The first-order valence-corrected chi connectivity index (χ1v) is 13.4. The van der Waals surface area contributed by atoms with Crippen LogP contribution in [0.5, 0.6) is 0 Å². The van der Waals surface area contributed by atoms with Crippen molar-refractivity contribution in [2.75, 3.05) is 52.4 Å². The third-order valence-electron chi connectivity index (χ3n) is 8.61. The van der Waals surface area contributed by atoms with E-state index in [-0.39, 0.29) is 11.8 Å². The van der Waals surface area contributed by atoms with Crippen molar-refractivity contribution >= 4 is 12.2 Å². The molecule has 3 fully saturated rings. The van der Waals surface area contributed by atoms with Crippen LogP contribution in [0.25, 0.3) is 0 Å². The first-order valence-electron chi connectivity index (χ1n) is 13.4. The topological polar surface area (TPSA) is 69.6 Å². The van der Waals surface area contributed by atoms with Gasteiger partial charge in [0.25, 0.3) is 5.91 Å². The summed E-state index contributed by atoms with van der Waals surface area (Å²) in [4.78, 5) is 39.8. The number of amides is 1. The molecule has 3 aliphatic rings. The molecule has 2 aromatic rings. The molecule has 0 aliphatic carbocycles. The molecule has 1 aromatic carbocycles. The Hall–Kier alpha value is -2.64. The number of hydrogen-bond acceptors (Lipinski definition) is 6. The molecule has 3 aliphatic heterocycles. The highest BCUT2D eigenvalue weighted by atomic mass is 16.2. The summed E-state index contributed by atoms with van der Waals surface area (Å²) in [6.07, 6.45) is 3.76. The lowest BCUT2D eigenvalue weighted by Crippen LogP contribution is -2.51. The van der Waals surface area contributed by atoms with Crippen LogP contribution in [0.1, 0.15) is 46.6 Å². The normalized spacial score (nSPS) is 24.4. The fourth-order valence-corrected chi connectivity index (χ4v) is 6.66. The van der Waals surface area contributed by atoms with Crippen LogP contribution in [0.15, 0.2) is 36.7 Å². The summed E-state index contributed by atoms with van der Waals surface area (Å²) in [5, 5.41) is 0. The molecule has 4 unspecified atom stereocenters. The Bertz CT molecular complexity index is 1040. The maximum absolute atomic E-state index is 13.2. The standard InChI is InChI=1S/C29H39N5O2/c1-20(18-35)11-33-14-26(15-33)27(23-7-5-4-6-8-23)9-10-32-12-24-16-34(17-25(24)13-32)29(36)28-21(2)30-19-31-22(28)3/h4-8,18-20,24-27H,9-17H2,1-3H3. The molecule has 0 N–H and O–H groups in total. The molecule has 3 saturated heterocycles. The van der Waals surface area contributed by atoms with Gasteiger partial charge in [-0.3, -0.25) is 4.79 Å². The monoisotopic (exact) mass is 489 g/mol. The Morgan fingerprint density at radius 1 is 0.972 bits per heavy atom. The summed E-state index contributed by atoms with van der Waals surface area (Å²) in [5.41, 5.74) is 3.66. The van der Waals surface area contributed by atoms with E-state index in [1.165, 1.54) is 11.9 Å². The summed E-state index contributed by atoms with van der Waals surface area (Å²) in [5.74, 6) is 2.52. The summed E-state index contributed by atoms with van der Waals surface area (Å²) in [6, 6.07) is 11.0. The van der Waals surface area contributed by atoms with Crippen molar-refractivity contribution < 1.29 is 9.59 Å². The number of nitrogens with zero attached hydrogens (tertiary/aromatic N) is 5. The van der Waals surface area contributed by atoms with Crippen molar-refractivity contribution in [2.24, 2.45) is 23.7 Å². The summed E-state index contributed by atoms with van der Waals surface area (Å²) >= 11 is 0. The molecule has 5 rings (SSSR count). The molecule has 4 atom stereocenters. The maximum atomic E-state index is 13.2. The summed E-state index contributed by atoms with van der Waals surface area (Å²) < 4.78 is 0. The third-order valence-corrected chi connectivity index (χ3v) is 8.61. The highest BCUT2D eigenvalue weighted by Gasteiger charge is 2.42. The molecule has 0 bridgehead atoms. The van der Waals surface area contributed by atoms with Crippen molar-refractivity contribution in [3.8, 4) is 0 Å². The number of carbonyl (C=O) groups is 2. The lowest BCUT2D eigenvalue weighted by Gasteiger charge is -2.44. The van der Waals surface area contributed by atoms with Gasteiger partial charge < -0.3 is 19.5 Å². The van der Waals surface area contributed by atoms with Gasteiger partial charge in [-0.2, -0.15) is 0 Å². The summed E-state index contributed by atoms with van der Waals surface area (Å²) in [6.45, 7) is 13.8. The van der Waals surface area contributed by atoms with E-state index in [1.807, 2.05) is 25.7 Å². The predicted octanol–water partition coefficient (Wildman–Crippen LogP) is 3.04. The molecule has 0 radical (unpaired) electrons. The Kier molecular flexibility index (Phi) is 7.49. The van der Waals surface area contributed by atoms with Gasteiger partial charge in [0.1, 0.15) is 12.6 Å². The van der Waals surface area contributed by atoms with Crippen LogP contribution in [-0.4, -0.2) is 89.2 Å². The van der Waals surface area contributed by atoms with E-state index in [9.17, 15) is 9.59 Å². The number of aromatic nitrogens is 2. The smallest absolute Gasteiger partial charge is 0.257 e. The molecule has 7 nitrogen and oxygen atoms in total.